The van der Waals surface area contributed by atoms with E-state index in [0.717, 1.165) is 11.7 Å². The number of nitrogen functional groups attached to an aromatic ring is 1. The summed E-state index contributed by atoms with van der Waals surface area (Å²) in [6, 6.07) is 2.44. The van der Waals surface area contributed by atoms with Gasteiger partial charge in [0.1, 0.15) is 5.82 Å². The van der Waals surface area contributed by atoms with Crippen molar-refractivity contribution in [2.24, 2.45) is 5.92 Å². The Morgan fingerprint density at radius 2 is 2.46 bits per heavy atom. The molecule has 1 fully saturated rings. The summed E-state index contributed by atoms with van der Waals surface area (Å²) in [5.41, 5.74) is 5.84. The zero-order valence-electron chi connectivity index (χ0n) is 8.11. The number of hydrogen-bond donors (Lipinski definition) is 1. The number of rotatable bonds is 2. The van der Waals surface area contributed by atoms with Crippen LogP contribution in [0.25, 0.3) is 0 Å². The van der Waals surface area contributed by atoms with Gasteiger partial charge in [-0.2, -0.15) is 5.10 Å². The molecule has 72 valence electrons. The van der Waals surface area contributed by atoms with Gasteiger partial charge >= 0.3 is 0 Å². The minimum atomic E-state index is 0.556. The van der Waals surface area contributed by atoms with Crippen LogP contribution in [0.1, 0.15) is 38.6 Å². The third kappa shape index (κ3) is 1.43. The zero-order chi connectivity index (χ0) is 9.26. The fraction of sp³-hybridized carbons (Fsp3) is 0.700. The van der Waals surface area contributed by atoms with Crippen molar-refractivity contribution >= 4 is 5.82 Å². The van der Waals surface area contributed by atoms with Gasteiger partial charge < -0.3 is 5.73 Å². The Hall–Kier alpha value is -0.990. The van der Waals surface area contributed by atoms with Crippen LogP contribution in [0, 0.1) is 5.92 Å². The van der Waals surface area contributed by atoms with E-state index in [1.54, 1.807) is 6.20 Å². The molecule has 2 rings (SSSR count). The zero-order valence-corrected chi connectivity index (χ0v) is 8.11. The summed E-state index contributed by atoms with van der Waals surface area (Å²) in [6.45, 7) is 2.25. The van der Waals surface area contributed by atoms with Crippen molar-refractivity contribution < 1.29 is 0 Å². The maximum atomic E-state index is 5.84. The first kappa shape index (κ1) is 8.60. The van der Waals surface area contributed by atoms with E-state index in [4.69, 9.17) is 5.73 Å². The topological polar surface area (TPSA) is 43.8 Å². The molecule has 0 aliphatic heterocycles. The lowest BCUT2D eigenvalue weighted by Crippen LogP contribution is -2.16. The van der Waals surface area contributed by atoms with Gasteiger partial charge in [0.25, 0.3) is 0 Å². The molecule has 0 aromatic carbocycles. The van der Waals surface area contributed by atoms with E-state index in [9.17, 15) is 0 Å². The van der Waals surface area contributed by atoms with Crippen LogP contribution in [-0.4, -0.2) is 9.78 Å². The van der Waals surface area contributed by atoms with E-state index in [-0.39, 0.29) is 0 Å². The van der Waals surface area contributed by atoms with Gasteiger partial charge in [0.15, 0.2) is 0 Å². The monoisotopic (exact) mass is 179 g/mol. The minimum absolute atomic E-state index is 0.556. The highest BCUT2D eigenvalue weighted by atomic mass is 15.3. The Labute approximate surface area is 78.9 Å². The molecule has 1 aromatic heterocycles. The summed E-state index contributed by atoms with van der Waals surface area (Å²) in [5.74, 6) is 1.59. The largest absolute Gasteiger partial charge is 0.384 e. The molecule has 3 nitrogen and oxygen atoms in total. The summed E-state index contributed by atoms with van der Waals surface area (Å²) in [5, 5.41) is 4.29. The molecule has 1 aliphatic rings. The van der Waals surface area contributed by atoms with Crippen molar-refractivity contribution in [3.05, 3.63) is 12.3 Å². The highest BCUT2D eigenvalue weighted by Gasteiger charge is 2.28. The molecule has 1 saturated carbocycles. The highest BCUT2D eigenvalue weighted by Crippen LogP contribution is 2.38. The van der Waals surface area contributed by atoms with Gasteiger partial charge in [-0.25, -0.2) is 4.68 Å². The fourth-order valence-electron chi connectivity index (χ4n) is 2.42. The second-order valence-electron chi connectivity index (χ2n) is 3.87. The molecule has 1 aliphatic carbocycles. The summed E-state index contributed by atoms with van der Waals surface area (Å²) < 4.78 is 2.00. The second kappa shape index (κ2) is 3.40. The summed E-state index contributed by atoms with van der Waals surface area (Å²) in [4.78, 5) is 0. The Kier molecular flexibility index (Phi) is 2.25. The Morgan fingerprint density at radius 1 is 1.62 bits per heavy atom. The molecule has 0 saturated heterocycles. The lowest BCUT2D eigenvalue weighted by molar-refractivity contribution is 0.347. The molecule has 1 heterocycles. The lowest BCUT2D eigenvalue weighted by atomic mass is 10.0. The molecule has 2 atom stereocenters. The highest BCUT2D eigenvalue weighted by molar-refractivity contribution is 5.27. The van der Waals surface area contributed by atoms with E-state index in [0.29, 0.717) is 6.04 Å². The smallest absolute Gasteiger partial charge is 0.121 e. The molecule has 0 amide bonds. The Balaban J connectivity index is 2.20. The van der Waals surface area contributed by atoms with Crippen molar-refractivity contribution in [1.82, 2.24) is 9.78 Å². The van der Waals surface area contributed by atoms with Gasteiger partial charge in [0.05, 0.1) is 12.2 Å². The maximum absolute atomic E-state index is 5.84. The molecular weight excluding hydrogens is 162 g/mol. The van der Waals surface area contributed by atoms with Gasteiger partial charge in [0.2, 0.25) is 0 Å². The molecule has 0 spiro atoms. The predicted molar refractivity (Wildman–Crippen MR) is 53.3 cm³/mol. The van der Waals surface area contributed by atoms with Gasteiger partial charge in [0, 0.05) is 0 Å². The quantitative estimate of drug-likeness (QED) is 0.756. The number of hydrogen-bond acceptors (Lipinski definition) is 2. The number of aromatic nitrogens is 2. The van der Waals surface area contributed by atoms with Crippen molar-refractivity contribution in [3.8, 4) is 0 Å². The molecule has 2 unspecified atom stereocenters. The average Bonchev–Trinajstić information content (AvgIpc) is 2.71. The van der Waals surface area contributed by atoms with Crippen LogP contribution in [0.2, 0.25) is 0 Å². The maximum Gasteiger partial charge on any atom is 0.121 e. The molecule has 2 N–H and O–H groups in total. The van der Waals surface area contributed by atoms with Crippen molar-refractivity contribution in [2.45, 2.75) is 38.6 Å². The summed E-state index contributed by atoms with van der Waals surface area (Å²) >= 11 is 0. The molecule has 0 bridgehead atoms. The molecule has 3 heteroatoms. The third-order valence-corrected chi connectivity index (χ3v) is 3.16. The first-order valence-corrected chi connectivity index (χ1v) is 5.12. The predicted octanol–water partition coefficient (Wildman–Crippen LogP) is 2.22. The van der Waals surface area contributed by atoms with E-state index in [2.05, 4.69) is 12.0 Å². The molecule has 0 radical (unpaired) electrons. The second-order valence-corrected chi connectivity index (χ2v) is 3.87. The Bertz CT molecular complexity index is 279. The van der Waals surface area contributed by atoms with Crippen LogP contribution < -0.4 is 5.73 Å². The number of nitrogens with zero attached hydrogens (tertiary/aromatic N) is 2. The Morgan fingerprint density at radius 3 is 3.08 bits per heavy atom. The van der Waals surface area contributed by atoms with Gasteiger partial charge in [-0.05, 0) is 24.8 Å². The standard InChI is InChI=1S/C10H17N3/c1-2-8-4-3-5-9(8)13-10(11)6-7-12-13/h6-9H,2-5,11H2,1H3. The molecule has 13 heavy (non-hydrogen) atoms. The lowest BCUT2D eigenvalue weighted by Gasteiger charge is -2.19. The molecule has 1 aromatic rings. The van der Waals surface area contributed by atoms with Crippen LogP contribution >= 0.6 is 0 Å². The van der Waals surface area contributed by atoms with Crippen molar-refractivity contribution in [3.63, 3.8) is 0 Å². The normalized spacial score (nSPS) is 28.1. The van der Waals surface area contributed by atoms with Gasteiger partial charge in [-0.15, -0.1) is 0 Å². The van der Waals surface area contributed by atoms with E-state index >= 15 is 0 Å². The van der Waals surface area contributed by atoms with Gasteiger partial charge in [-0.3, -0.25) is 0 Å². The fourth-order valence-corrected chi connectivity index (χ4v) is 2.42. The van der Waals surface area contributed by atoms with E-state index in [1.807, 2.05) is 10.7 Å². The average molecular weight is 179 g/mol. The van der Waals surface area contributed by atoms with Crippen LogP contribution in [0.15, 0.2) is 12.3 Å². The minimum Gasteiger partial charge on any atom is -0.384 e. The van der Waals surface area contributed by atoms with Crippen LogP contribution in [-0.2, 0) is 0 Å². The van der Waals surface area contributed by atoms with Crippen LogP contribution in [0.5, 0.6) is 0 Å². The van der Waals surface area contributed by atoms with E-state index in [1.165, 1.54) is 25.7 Å². The summed E-state index contributed by atoms with van der Waals surface area (Å²) in [7, 11) is 0. The van der Waals surface area contributed by atoms with Crippen molar-refractivity contribution in [1.29, 1.82) is 0 Å². The van der Waals surface area contributed by atoms with Crippen LogP contribution in [0.3, 0.4) is 0 Å². The van der Waals surface area contributed by atoms with E-state index < -0.39 is 0 Å². The van der Waals surface area contributed by atoms with Gasteiger partial charge in [-0.1, -0.05) is 19.8 Å². The third-order valence-electron chi connectivity index (χ3n) is 3.16. The van der Waals surface area contributed by atoms with Crippen molar-refractivity contribution in [2.75, 3.05) is 5.73 Å². The first-order valence-electron chi connectivity index (χ1n) is 5.12. The molecular formula is C10H17N3. The first-order chi connectivity index (χ1) is 6.33. The van der Waals surface area contributed by atoms with Crippen LogP contribution in [0.4, 0.5) is 5.82 Å². The number of anilines is 1. The SMILES string of the molecule is CCC1CCCC1n1nccc1N. The summed E-state index contributed by atoms with van der Waals surface area (Å²) in [6.07, 6.45) is 6.93. The number of nitrogens with two attached hydrogens (primary N) is 1.